The molecule has 1 rings (SSSR count). The predicted octanol–water partition coefficient (Wildman–Crippen LogP) is -0.850. The van der Waals surface area contributed by atoms with E-state index in [9.17, 15) is 21.9 Å². The second-order valence-corrected chi connectivity index (χ2v) is 6.65. The summed E-state index contributed by atoms with van der Waals surface area (Å²) in [4.78, 5) is -0.360. The predicted molar refractivity (Wildman–Crippen MR) is 66.5 cm³/mol. The molecule has 6 N–H and O–H groups in total. The normalized spacial score (nSPS) is 12.5. The molecule has 0 saturated carbocycles. The van der Waals surface area contributed by atoms with E-state index >= 15 is 0 Å². The molecule has 108 valence electrons. The van der Waals surface area contributed by atoms with Gasteiger partial charge in [-0.3, -0.25) is 4.55 Å². The number of hydrogen-bond donors (Lipinski definition) is 4. The van der Waals surface area contributed by atoms with Crippen molar-refractivity contribution in [3.8, 4) is 5.75 Å². The molecular weight excluding hydrogens is 300 g/mol. The molecule has 1 aromatic carbocycles. The highest BCUT2D eigenvalue weighted by molar-refractivity contribution is 7.91. The number of rotatable bonds is 5. The van der Waals surface area contributed by atoms with Gasteiger partial charge in [0, 0.05) is 0 Å². The van der Waals surface area contributed by atoms with E-state index in [0.717, 1.165) is 12.1 Å². The Bertz CT molecular complexity index is 681. The number of anilines is 2. The van der Waals surface area contributed by atoms with E-state index in [1.165, 1.54) is 0 Å². The van der Waals surface area contributed by atoms with Crippen molar-refractivity contribution in [1.82, 2.24) is 0 Å². The number of nitrogen functional groups attached to an aromatic ring is 2. The number of nitrogens with two attached hydrogens (primary N) is 2. The fourth-order valence-electron chi connectivity index (χ4n) is 1.24. The van der Waals surface area contributed by atoms with Gasteiger partial charge in [0.15, 0.2) is 9.84 Å². The van der Waals surface area contributed by atoms with E-state index in [0.29, 0.717) is 0 Å². The maximum absolute atomic E-state index is 11.8. The third-order valence-electron chi connectivity index (χ3n) is 2.14. The molecule has 9 nitrogen and oxygen atoms in total. The zero-order valence-electron chi connectivity index (χ0n) is 9.48. The number of hydrogen-bond acceptors (Lipinski definition) is 8. The summed E-state index contributed by atoms with van der Waals surface area (Å²) >= 11 is 0. The zero-order chi connectivity index (χ0) is 14.8. The van der Waals surface area contributed by atoms with Crippen molar-refractivity contribution in [2.75, 3.05) is 23.8 Å². The van der Waals surface area contributed by atoms with Gasteiger partial charge < -0.3 is 16.6 Å². The highest BCUT2D eigenvalue weighted by atomic mass is 32.3. The van der Waals surface area contributed by atoms with Crippen LogP contribution in [0.15, 0.2) is 17.0 Å². The first kappa shape index (κ1) is 15.5. The highest BCUT2D eigenvalue weighted by Gasteiger charge is 2.21. The third-order valence-corrected chi connectivity index (χ3v) is 4.34. The molecule has 0 aliphatic carbocycles. The number of benzene rings is 1. The van der Waals surface area contributed by atoms with Crippen LogP contribution < -0.4 is 11.5 Å². The molecule has 0 fully saturated rings. The summed E-state index contributed by atoms with van der Waals surface area (Å²) in [6, 6.07) is 2.08. The van der Waals surface area contributed by atoms with Crippen LogP contribution in [0.5, 0.6) is 5.75 Å². The molecule has 0 atom stereocenters. The summed E-state index contributed by atoms with van der Waals surface area (Å²) in [6.07, 6.45) is 0. The van der Waals surface area contributed by atoms with E-state index in [1.54, 1.807) is 0 Å². The Hall–Kier alpha value is -1.56. The molecule has 0 heterocycles. The fourth-order valence-corrected chi connectivity index (χ4v) is 2.88. The quantitative estimate of drug-likeness (QED) is 0.307. The Kier molecular flexibility index (Phi) is 4.25. The van der Waals surface area contributed by atoms with E-state index in [-0.39, 0.29) is 22.0 Å². The lowest BCUT2D eigenvalue weighted by molar-refractivity contribution is 0.284. The van der Waals surface area contributed by atoms with Gasteiger partial charge in [-0.1, -0.05) is 0 Å². The Morgan fingerprint density at radius 3 is 2.21 bits per heavy atom. The molecule has 0 amide bonds. The summed E-state index contributed by atoms with van der Waals surface area (Å²) in [5, 5.41) is 9.24. The summed E-state index contributed by atoms with van der Waals surface area (Å²) in [5.74, 6) is -1.10. The minimum absolute atomic E-state index is 0.295. The smallest absolute Gasteiger partial charge is 0.397 e. The van der Waals surface area contributed by atoms with Gasteiger partial charge in [-0.05, 0) is 12.1 Å². The highest BCUT2D eigenvalue weighted by Crippen LogP contribution is 2.32. The molecular formula is C8H12N2O7S2. The van der Waals surface area contributed by atoms with Gasteiger partial charge >= 0.3 is 10.4 Å². The summed E-state index contributed by atoms with van der Waals surface area (Å²) in [6.45, 7) is -0.776. The Labute approximate surface area is 109 Å². The van der Waals surface area contributed by atoms with Gasteiger partial charge in [0.2, 0.25) is 0 Å². The largest absolute Gasteiger partial charge is 0.506 e. The van der Waals surface area contributed by atoms with Crippen molar-refractivity contribution in [1.29, 1.82) is 0 Å². The van der Waals surface area contributed by atoms with Crippen LogP contribution in [-0.4, -0.2) is 38.9 Å². The Balaban J connectivity index is 2.99. The van der Waals surface area contributed by atoms with Gasteiger partial charge in [-0.15, -0.1) is 0 Å². The summed E-state index contributed by atoms with van der Waals surface area (Å²) < 4.78 is 56.4. The SMILES string of the molecule is Nc1c(O)ccc(S(=O)(=O)CCOS(=O)(=O)O)c1N. The van der Waals surface area contributed by atoms with Crippen LogP contribution in [0.1, 0.15) is 0 Å². The molecule has 0 bridgehead atoms. The number of sulfone groups is 1. The van der Waals surface area contributed by atoms with E-state index in [4.69, 9.17) is 16.0 Å². The monoisotopic (exact) mass is 312 g/mol. The van der Waals surface area contributed by atoms with Crippen molar-refractivity contribution in [3.63, 3.8) is 0 Å². The molecule has 0 aromatic heterocycles. The van der Waals surface area contributed by atoms with Crippen LogP contribution >= 0.6 is 0 Å². The second kappa shape index (κ2) is 5.21. The molecule has 0 unspecified atom stereocenters. The topological polar surface area (TPSA) is 170 Å². The number of phenolic OH excluding ortho intramolecular Hbond substituents is 1. The average molecular weight is 312 g/mol. The lowest BCUT2D eigenvalue weighted by atomic mass is 10.2. The van der Waals surface area contributed by atoms with E-state index in [1.807, 2.05) is 0 Å². The molecule has 0 spiro atoms. The van der Waals surface area contributed by atoms with Crippen LogP contribution in [0, 0.1) is 0 Å². The number of phenols is 1. The summed E-state index contributed by atoms with van der Waals surface area (Å²) in [5.41, 5.74) is 10.2. The third kappa shape index (κ3) is 3.96. The van der Waals surface area contributed by atoms with Gasteiger partial charge in [-0.2, -0.15) is 8.42 Å². The molecule has 1 aromatic rings. The Morgan fingerprint density at radius 2 is 1.68 bits per heavy atom. The maximum atomic E-state index is 11.8. The van der Waals surface area contributed by atoms with Gasteiger partial charge in [0.25, 0.3) is 0 Å². The maximum Gasteiger partial charge on any atom is 0.397 e. The van der Waals surface area contributed by atoms with E-state index < -0.39 is 32.6 Å². The molecule has 19 heavy (non-hydrogen) atoms. The lowest BCUT2D eigenvalue weighted by Crippen LogP contribution is -2.17. The van der Waals surface area contributed by atoms with Gasteiger partial charge in [0.1, 0.15) is 5.75 Å². The van der Waals surface area contributed by atoms with Crippen molar-refractivity contribution in [3.05, 3.63) is 12.1 Å². The molecule has 0 radical (unpaired) electrons. The molecule has 0 aliphatic heterocycles. The minimum atomic E-state index is -4.71. The minimum Gasteiger partial charge on any atom is -0.506 e. The summed E-state index contributed by atoms with van der Waals surface area (Å²) in [7, 11) is -8.68. The zero-order valence-corrected chi connectivity index (χ0v) is 11.1. The Morgan fingerprint density at radius 1 is 1.11 bits per heavy atom. The van der Waals surface area contributed by atoms with Gasteiger partial charge in [-0.25, -0.2) is 12.6 Å². The molecule has 0 aliphatic rings. The second-order valence-electron chi connectivity index (χ2n) is 3.48. The fraction of sp³-hybridized carbons (Fsp3) is 0.250. The van der Waals surface area contributed by atoms with Crippen LogP contribution in [-0.2, 0) is 24.4 Å². The average Bonchev–Trinajstić information content (AvgIpc) is 2.23. The van der Waals surface area contributed by atoms with Crippen molar-refractivity contribution >= 4 is 31.6 Å². The van der Waals surface area contributed by atoms with Crippen LogP contribution in [0.2, 0.25) is 0 Å². The number of aromatic hydroxyl groups is 1. The van der Waals surface area contributed by atoms with Crippen LogP contribution in [0.4, 0.5) is 11.4 Å². The first-order chi connectivity index (χ1) is 8.54. The van der Waals surface area contributed by atoms with E-state index in [2.05, 4.69) is 4.18 Å². The van der Waals surface area contributed by atoms with Crippen LogP contribution in [0.3, 0.4) is 0 Å². The standard InChI is InChI=1S/C8H12N2O7S2/c9-7-5(11)1-2-6(8(7)10)18(12,13)4-3-17-19(14,15)16/h1-2,11H,3-4,9-10H2,(H,14,15,16). The molecule has 0 saturated heterocycles. The van der Waals surface area contributed by atoms with Crippen molar-refractivity contribution in [2.24, 2.45) is 0 Å². The van der Waals surface area contributed by atoms with Crippen molar-refractivity contribution in [2.45, 2.75) is 4.90 Å². The first-order valence-corrected chi connectivity index (χ1v) is 7.78. The first-order valence-electron chi connectivity index (χ1n) is 4.76. The van der Waals surface area contributed by atoms with Gasteiger partial charge in [0.05, 0.1) is 28.6 Å². The molecule has 11 heteroatoms. The lowest BCUT2D eigenvalue weighted by Gasteiger charge is -2.10. The van der Waals surface area contributed by atoms with Crippen LogP contribution in [0.25, 0.3) is 0 Å². The van der Waals surface area contributed by atoms with Crippen molar-refractivity contribution < 1.29 is 30.7 Å².